The van der Waals surface area contributed by atoms with E-state index in [9.17, 15) is 10.1 Å². The highest BCUT2D eigenvalue weighted by atomic mass is 16.7. The molecule has 0 spiro atoms. The molecule has 7 heteroatoms. The van der Waals surface area contributed by atoms with Gasteiger partial charge in [-0.3, -0.25) is 4.79 Å². The van der Waals surface area contributed by atoms with Crippen LogP contribution in [0.2, 0.25) is 0 Å². The molecule has 0 saturated carbocycles. The number of ether oxygens (including phenoxy) is 4. The second-order valence-electron chi connectivity index (χ2n) is 7.66. The first-order chi connectivity index (χ1) is 12.8. The number of fused-ring (bicyclic) bond motifs is 1. The van der Waals surface area contributed by atoms with Crippen molar-refractivity contribution >= 4 is 5.78 Å². The van der Waals surface area contributed by atoms with Gasteiger partial charge in [0, 0.05) is 18.4 Å². The zero-order valence-electron chi connectivity index (χ0n) is 15.4. The Balaban J connectivity index is 1.91. The van der Waals surface area contributed by atoms with Gasteiger partial charge < -0.3 is 24.7 Å². The van der Waals surface area contributed by atoms with Crippen molar-refractivity contribution in [2.24, 2.45) is 11.1 Å². The summed E-state index contributed by atoms with van der Waals surface area (Å²) >= 11 is 0. The molecule has 1 aliphatic carbocycles. The third kappa shape index (κ3) is 2.69. The molecule has 0 fully saturated rings. The lowest BCUT2D eigenvalue weighted by Crippen LogP contribution is -2.33. The van der Waals surface area contributed by atoms with Gasteiger partial charge in [0.15, 0.2) is 17.3 Å². The van der Waals surface area contributed by atoms with E-state index in [1.165, 1.54) is 7.11 Å². The van der Waals surface area contributed by atoms with Crippen molar-refractivity contribution in [1.82, 2.24) is 0 Å². The highest BCUT2D eigenvalue weighted by Crippen LogP contribution is 2.51. The van der Waals surface area contributed by atoms with E-state index in [4.69, 9.17) is 24.7 Å². The van der Waals surface area contributed by atoms with Gasteiger partial charge in [-0.15, -0.1) is 0 Å². The highest BCUT2D eigenvalue weighted by Gasteiger charge is 2.43. The van der Waals surface area contributed by atoms with Crippen molar-refractivity contribution in [3.8, 4) is 23.3 Å². The Labute approximate surface area is 156 Å². The van der Waals surface area contributed by atoms with E-state index in [0.29, 0.717) is 47.0 Å². The average Bonchev–Trinajstić information content (AvgIpc) is 3.07. The minimum atomic E-state index is -0.620. The molecule has 0 amide bonds. The summed E-state index contributed by atoms with van der Waals surface area (Å²) in [6.07, 6.45) is 0.956. The predicted octanol–water partition coefficient (Wildman–Crippen LogP) is 2.87. The van der Waals surface area contributed by atoms with Gasteiger partial charge in [0.05, 0.1) is 13.0 Å². The maximum Gasteiger partial charge on any atom is 0.231 e. The molecule has 0 saturated heterocycles. The summed E-state index contributed by atoms with van der Waals surface area (Å²) in [6.45, 7) is 4.11. The van der Waals surface area contributed by atoms with E-state index in [0.717, 1.165) is 0 Å². The van der Waals surface area contributed by atoms with Crippen molar-refractivity contribution in [2.75, 3.05) is 13.9 Å². The fraction of sp³-hybridized carbons (Fsp3) is 0.400. The molecule has 1 atom stereocenters. The lowest BCUT2D eigenvalue weighted by molar-refractivity contribution is -0.119. The van der Waals surface area contributed by atoms with Crippen LogP contribution in [0.5, 0.6) is 17.2 Å². The Morgan fingerprint density at radius 1 is 1.30 bits per heavy atom. The summed E-state index contributed by atoms with van der Waals surface area (Å²) < 4.78 is 22.1. The van der Waals surface area contributed by atoms with Crippen LogP contribution in [0, 0.1) is 16.7 Å². The number of rotatable bonds is 2. The predicted molar refractivity (Wildman–Crippen MR) is 94.8 cm³/mol. The lowest BCUT2D eigenvalue weighted by Gasteiger charge is -2.37. The fourth-order valence-electron chi connectivity index (χ4n) is 3.93. The van der Waals surface area contributed by atoms with Crippen molar-refractivity contribution in [2.45, 2.75) is 32.6 Å². The van der Waals surface area contributed by atoms with Gasteiger partial charge in [-0.05, 0) is 23.1 Å². The molecule has 7 nitrogen and oxygen atoms in total. The fourth-order valence-corrected chi connectivity index (χ4v) is 3.93. The SMILES string of the molecule is COc1cc([C@H]2C(C#N)=C(N)OC3=C2C(=O)CC(C)(C)C3)cc2c1OCO2. The van der Waals surface area contributed by atoms with E-state index < -0.39 is 5.92 Å². The zero-order chi connectivity index (χ0) is 19.3. The van der Waals surface area contributed by atoms with Crippen LogP contribution in [0.1, 0.15) is 38.2 Å². The number of allylic oxidation sites excluding steroid dienone is 3. The second kappa shape index (κ2) is 5.95. The summed E-state index contributed by atoms with van der Waals surface area (Å²) in [5.41, 5.74) is 7.20. The Morgan fingerprint density at radius 2 is 2.07 bits per heavy atom. The van der Waals surface area contributed by atoms with Gasteiger partial charge >= 0.3 is 0 Å². The first-order valence-electron chi connectivity index (χ1n) is 8.66. The standard InChI is InChI=1S/C20H20N2O5/c1-20(2)6-12(23)17-15(7-20)27-19(22)11(8-21)16(17)10-4-13(24-3)18-14(5-10)25-9-26-18/h4-5,16H,6-7,9,22H2,1-3H3/t16-/m0/s1. The number of hydrogen-bond acceptors (Lipinski definition) is 7. The molecular weight excluding hydrogens is 348 g/mol. The van der Waals surface area contributed by atoms with E-state index in [-0.39, 0.29) is 29.4 Å². The van der Waals surface area contributed by atoms with Crippen molar-refractivity contribution < 1.29 is 23.7 Å². The van der Waals surface area contributed by atoms with Crippen LogP contribution in [-0.4, -0.2) is 19.7 Å². The van der Waals surface area contributed by atoms with Gasteiger partial charge in [0.1, 0.15) is 17.4 Å². The molecule has 27 heavy (non-hydrogen) atoms. The van der Waals surface area contributed by atoms with Crippen LogP contribution in [-0.2, 0) is 9.53 Å². The molecule has 2 heterocycles. The van der Waals surface area contributed by atoms with Crippen LogP contribution in [0.4, 0.5) is 0 Å². The quantitative estimate of drug-likeness (QED) is 0.856. The van der Waals surface area contributed by atoms with Crippen LogP contribution in [0.3, 0.4) is 0 Å². The Kier molecular flexibility index (Phi) is 3.81. The maximum absolute atomic E-state index is 13.0. The number of nitrogens with zero attached hydrogens (tertiary/aromatic N) is 1. The lowest BCUT2D eigenvalue weighted by atomic mass is 9.70. The first-order valence-corrected chi connectivity index (χ1v) is 8.66. The third-order valence-electron chi connectivity index (χ3n) is 5.09. The summed E-state index contributed by atoms with van der Waals surface area (Å²) in [7, 11) is 1.53. The molecular formula is C20H20N2O5. The van der Waals surface area contributed by atoms with Gasteiger partial charge in [-0.1, -0.05) is 13.8 Å². The number of hydrogen-bond donors (Lipinski definition) is 1. The zero-order valence-corrected chi connectivity index (χ0v) is 15.4. The highest BCUT2D eigenvalue weighted by molar-refractivity contribution is 6.00. The number of ketones is 1. The van der Waals surface area contributed by atoms with Crippen LogP contribution in [0.15, 0.2) is 34.9 Å². The number of Topliss-reactive ketones (excluding diaryl/α,β-unsaturated/α-hetero) is 1. The molecule has 0 aromatic heterocycles. The first kappa shape index (κ1) is 17.3. The van der Waals surface area contributed by atoms with E-state index in [2.05, 4.69) is 6.07 Å². The number of methoxy groups -OCH3 is 1. The topological polar surface area (TPSA) is 104 Å². The summed E-state index contributed by atoms with van der Waals surface area (Å²) in [5, 5.41) is 9.70. The normalized spacial score (nSPS) is 22.9. The van der Waals surface area contributed by atoms with E-state index >= 15 is 0 Å². The van der Waals surface area contributed by atoms with Crippen molar-refractivity contribution in [3.05, 3.63) is 40.5 Å². The number of nitrogens with two attached hydrogens (primary N) is 1. The summed E-state index contributed by atoms with van der Waals surface area (Å²) in [5.74, 6) is 1.41. The number of carbonyl (C=O) groups excluding carboxylic acids is 1. The monoisotopic (exact) mass is 368 g/mol. The third-order valence-corrected chi connectivity index (χ3v) is 5.09. The van der Waals surface area contributed by atoms with E-state index in [1.54, 1.807) is 12.1 Å². The Hall–Kier alpha value is -3.14. The molecule has 3 aliphatic rings. The number of benzene rings is 1. The molecule has 0 bridgehead atoms. The number of carbonyl (C=O) groups is 1. The van der Waals surface area contributed by atoms with Crippen LogP contribution in [0.25, 0.3) is 0 Å². The van der Waals surface area contributed by atoms with Gasteiger partial charge in [0.25, 0.3) is 0 Å². The Bertz CT molecular complexity index is 952. The van der Waals surface area contributed by atoms with Crippen LogP contribution >= 0.6 is 0 Å². The van der Waals surface area contributed by atoms with Crippen molar-refractivity contribution in [1.29, 1.82) is 5.26 Å². The number of nitriles is 1. The molecule has 0 unspecified atom stereocenters. The van der Waals surface area contributed by atoms with Crippen LogP contribution < -0.4 is 19.9 Å². The molecule has 1 aromatic carbocycles. The second-order valence-corrected chi connectivity index (χ2v) is 7.66. The smallest absolute Gasteiger partial charge is 0.231 e. The minimum Gasteiger partial charge on any atom is -0.493 e. The van der Waals surface area contributed by atoms with Gasteiger partial charge in [-0.25, -0.2) is 0 Å². The van der Waals surface area contributed by atoms with Gasteiger partial charge in [-0.2, -0.15) is 5.26 Å². The maximum atomic E-state index is 13.0. The average molecular weight is 368 g/mol. The van der Waals surface area contributed by atoms with Gasteiger partial charge in [0.2, 0.25) is 18.4 Å². The van der Waals surface area contributed by atoms with E-state index in [1.807, 2.05) is 13.8 Å². The molecule has 2 N–H and O–H groups in total. The molecule has 1 aromatic rings. The molecule has 140 valence electrons. The van der Waals surface area contributed by atoms with Crippen molar-refractivity contribution in [3.63, 3.8) is 0 Å². The summed E-state index contributed by atoms with van der Waals surface area (Å²) in [6, 6.07) is 5.63. The largest absolute Gasteiger partial charge is 0.493 e. The summed E-state index contributed by atoms with van der Waals surface area (Å²) in [4.78, 5) is 13.0. The molecule has 4 rings (SSSR count). The molecule has 2 aliphatic heterocycles. The molecule has 0 radical (unpaired) electrons. The minimum absolute atomic E-state index is 0.0309. The Morgan fingerprint density at radius 3 is 2.78 bits per heavy atom.